The Balaban J connectivity index is -0.000000130. The zero-order valence-corrected chi connectivity index (χ0v) is 61.5. The van der Waals surface area contributed by atoms with Gasteiger partial charge in [0.2, 0.25) is 17.7 Å². The molecule has 19 nitrogen and oxygen atoms in total. The van der Waals surface area contributed by atoms with E-state index in [2.05, 4.69) is 20.7 Å². The molecule has 0 atom stereocenters. The van der Waals surface area contributed by atoms with Crippen LogP contribution in [0, 0.1) is 46.3 Å². The Morgan fingerprint density at radius 2 is 0.700 bits per heavy atom. The van der Waals surface area contributed by atoms with E-state index < -0.39 is 46.6 Å². The van der Waals surface area contributed by atoms with Crippen LogP contribution in [-0.4, -0.2) is 126 Å². The average molecular weight is 1450 g/mol. The molecule has 0 heterocycles. The van der Waals surface area contributed by atoms with Gasteiger partial charge >= 0.3 is 0 Å². The molecule has 0 aliphatic heterocycles. The van der Waals surface area contributed by atoms with Crippen molar-refractivity contribution in [2.45, 2.75) is 117 Å². The molecule has 0 aliphatic rings. The molecule has 0 saturated heterocycles. The second-order valence-electron chi connectivity index (χ2n) is 16.1. The maximum atomic E-state index is 12.1. The third kappa shape index (κ3) is 46.3. The van der Waals surface area contributed by atoms with Crippen molar-refractivity contribution in [2.24, 2.45) is 10.8 Å². The van der Waals surface area contributed by atoms with Crippen LogP contribution in [0.1, 0.15) is 117 Å². The first kappa shape index (κ1) is 90.5. The van der Waals surface area contributed by atoms with E-state index in [4.69, 9.17) is 28.4 Å². The Morgan fingerprint density at radius 3 is 0.971 bits per heavy atom. The van der Waals surface area contributed by atoms with Gasteiger partial charge in [0.25, 0.3) is 0 Å². The third-order valence-electron chi connectivity index (χ3n) is 7.87. The number of carbonyl (C=O) groups excluding carboxylic acids is 9. The standard InChI is InChI=1S/C24H39N2O9.C15H25NO5.C6H11O2.6Y/c1-8-25-19(27)9-10-26-20(28)11-32-12-24(13-33-21(29)16(2)3,14-34-22(30)17(4)5)15-35-23(31)18(6)7;1-7-16-14(19)15(6,8-20-12(17)10(2)3)9-21-13(18)11(4)5;1-4-8-6(7)5(2)3;;;;;;/h8-15H2,1-7H3,(H,25,27)(H,26,28);7-9H2,1-6H3,(H,16,19);4H2,1-3H3;;;;;;/q-3;-2;-1;;;;;;. The summed E-state index contributed by atoms with van der Waals surface area (Å²) in [6.45, 7) is 26.2. The number of amides is 3. The van der Waals surface area contributed by atoms with Gasteiger partial charge in [-0.25, -0.2) is 0 Å². The predicted octanol–water partition coefficient (Wildman–Crippen LogP) is 3.70. The van der Waals surface area contributed by atoms with Crippen LogP contribution in [0.4, 0.5) is 0 Å². The number of hydrogen-bond donors (Lipinski definition) is 3. The van der Waals surface area contributed by atoms with Crippen LogP contribution in [-0.2, 0) is 273 Å². The van der Waals surface area contributed by atoms with E-state index >= 15 is 0 Å². The van der Waals surface area contributed by atoms with Crippen LogP contribution in [0.2, 0.25) is 0 Å². The summed E-state index contributed by atoms with van der Waals surface area (Å²) >= 11 is 0. The van der Waals surface area contributed by atoms with Crippen molar-refractivity contribution in [2.75, 3.05) is 72.5 Å². The minimum absolute atomic E-state index is 0. The molecule has 3 amide bonds. The Hall–Kier alpha value is 1.03. The molecule has 0 aromatic carbocycles. The summed E-state index contributed by atoms with van der Waals surface area (Å²) in [7, 11) is 0. The number of carbonyl (C=O) groups is 9. The fourth-order valence-electron chi connectivity index (χ4n) is 3.91. The molecule has 70 heavy (non-hydrogen) atoms. The second kappa shape index (κ2) is 52.1. The first-order valence-electron chi connectivity index (χ1n) is 20.9. The predicted molar refractivity (Wildman–Crippen MR) is 235 cm³/mol. The molecule has 0 rings (SSSR count). The van der Waals surface area contributed by atoms with Crippen LogP contribution in [0.3, 0.4) is 0 Å². The van der Waals surface area contributed by atoms with Gasteiger partial charge in [0.1, 0.15) is 45.1 Å². The SMILES string of the molecule is CCNC(=O)C(C)(COC(=O)[C-](C)C)COC(=O)[C-](C)C.CCNC(=O)CCNC(=O)COCC(COC(=O)[C-](C)C)(COC(=O)[C-](C)C)COC(=O)[C-](C)C.CCOC(=O)[C-](C)C.[Y].[Y].[Y].[Y].[Y].[Y]. The number of ether oxygens (including phenoxy) is 7. The van der Waals surface area contributed by atoms with Crippen molar-refractivity contribution in [3.63, 3.8) is 0 Å². The van der Waals surface area contributed by atoms with Crippen molar-refractivity contribution in [3.8, 4) is 0 Å². The molecule has 0 fully saturated rings. The van der Waals surface area contributed by atoms with E-state index in [0.29, 0.717) is 55.2 Å². The van der Waals surface area contributed by atoms with Gasteiger partial charge < -0.3 is 49.1 Å². The molecule has 0 spiro atoms. The third-order valence-corrected chi connectivity index (χ3v) is 7.87. The molecule has 390 valence electrons. The maximum absolute atomic E-state index is 12.1. The topological polar surface area (TPSA) is 254 Å². The summed E-state index contributed by atoms with van der Waals surface area (Å²) in [6, 6.07) is 0. The summed E-state index contributed by atoms with van der Waals surface area (Å²) in [5, 5.41) is 7.84. The molecular formula is C45H75N3O16Y6-6. The summed E-state index contributed by atoms with van der Waals surface area (Å²) < 4.78 is 36.3. The minimum Gasteiger partial charge on any atom is -0.488 e. The maximum Gasteiger partial charge on any atom is 0.246 e. The van der Waals surface area contributed by atoms with E-state index in [-0.39, 0.29) is 273 Å². The number of nitrogens with one attached hydrogen (secondary N) is 3. The van der Waals surface area contributed by atoms with Gasteiger partial charge in [0.05, 0.1) is 18.6 Å². The Bertz CT molecular complexity index is 1390. The molecule has 25 heteroatoms. The smallest absolute Gasteiger partial charge is 0.246 e. The van der Waals surface area contributed by atoms with Gasteiger partial charge in [-0.1, -0.05) is 0 Å². The van der Waals surface area contributed by atoms with Gasteiger partial charge in [-0.3, -0.25) is 78.7 Å². The zero-order chi connectivity index (χ0) is 50.2. The number of rotatable bonds is 27. The monoisotopic (exact) mass is 1450 g/mol. The van der Waals surface area contributed by atoms with E-state index in [1.807, 2.05) is 0 Å². The van der Waals surface area contributed by atoms with Crippen LogP contribution in [0.15, 0.2) is 0 Å². The Kier molecular flexibility index (Phi) is 67.4. The summed E-state index contributed by atoms with van der Waals surface area (Å²) in [5.74, 6) is -0.995. The van der Waals surface area contributed by atoms with E-state index in [1.165, 1.54) is 0 Å². The average Bonchev–Trinajstić information content (AvgIpc) is 3.22. The van der Waals surface area contributed by atoms with Gasteiger partial charge in [0, 0.05) is 222 Å². The molecule has 0 aromatic rings. The Morgan fingerprint density at radius 1 is 0.400 bits per heavy atom. The molecule has 0 aliphatic carbocycles. The van der Waals surface area contributed by atoms with Crippen LogP contribution in [0.5, 0.6) is 0 Å². The molecule has 0 saturated carbocycles. The minimum atomic E-state index is -1.26. The number of hydrogen-bond acceptors (Lipinski definition) is 16. The van der Waals surface area contributed by atoms with Crippen LogP contribution in [0.25, 0.3) is 0 Å². The first-order chi connectivity index (χ1) is 29.6. The summed E-state index contributed by atoms with van der Waals surface area (Å²) in [6.07, 6.45) is 0.123. The normalized spacial score (nSPS) is 9.43. The molecular weight excluding hydrogens is 1370 g/mol. The first-order valence-corrected chi connectivity index (χ1v) is 20.9. The van der Waals surface area contributed by atoms with E-state index in [0.717, 1.165) is 0 Å². The van der Waals surface area contributed by atoms with Crippen LogP contribution < -0.4 is 16.0 Å². The summed E-state index contributed by atoms with van der Waals surface area (Å²) in [4.78, 5) is 105. The van der Waals surface area contributed by atoms with Gasteiger partial charge in [0.15, 0.2) is 35.8 Å². The van der Waals surface area contributed by atoms with Gasteiger partial charge in [-0.2, -0.15) is 83.1 Å². The van der Waals surface area contributed by atoms with Crippen molar-refractivity contribution < 1.29 is 273 Å². The zero-order valence-electron chi connectivity index (χ0n) is 44.5. The fraction of sp³-hybridized carbons (Fsp3) is 0.667. The largest absolute Gasteiger partial charge is 0.488 e. The fourth-order valence-corrected chi connectivity index (χ4v) is 3.91. The van der Waals surface area contributed by atoms with Gasteiger partial charge in [-0.05, 0) is 27.7 Å². The number of esters is 6. The van der Waals surface area contributed by atoms with Crippen LogP contribution >= 0.6 is 0 Å². The Labute approximate surface area is 569 Å². The van der Waals surface area contributed by atoms with Crippen molar-refractivity contribution in [1.29, 1.82) is 0 Å². The molecule has 6 radical (unpaired) electrons. The molecule has 3 N–H and O–H groups in total. The van der Waals surface area contributed by atoms with E-state index in [9.17, 15) is 43.2 Å². The molecule has 0 aromatic heterocycles. The molecule has 0 bridgehead atoms. The second-order valence-corrected chi connectivity index (χ2v) is 16.1. The molecule has 0 unspecified atom stereocenters. The van der Waals surface area contributed by atoms with Gasteiger partial charge in [-0.15, -0.1) is 0 Å². The summed E-state index contributed by atoms with van der Waals surface area (Å²) in [5.41, 5.74) is -2.38. The van der Waals surface area contributed by atoms with Crippen molar-refractivity contribution in [1.82, 2.24) is 16.0 Å². The van der Waals surface area contributed by atoms with E-state index in [1.54, 1.807) is 111 Å². The van der Waals surface area contributed by atoms with Crippen molar-refractivity contribution >= 4 is 53.5 Å². The quantitative estimate of drug-likeness (QED) is 0.0602. The van der Waals surface area contributed by atoms with Crippen molar-refractivity contribution in [3.05, 3.63) is 35.5 Å².